The molecule has 212 valence electrons. The fraction of sp³-hybridized carbons (Fsp3) is 0.467. The third-order valence-electron chi connectivity index (χ3n) is 6.72. The topological polar surface area (TPSA) is 120 Å². The number of nitrogens with one attached hydrogen (secondary N) is 2. The zero-order chi connectivity index (χ0) is 29.2. The summed E-state index contributed by atoms with van der Waals surface area (Å²) < 4.78 is 29.8. The monoisotopic (exact) mass is 553 g/mol. The highest BCUT2D eigenvalue weighted by atomic mass is 32.2. The molecule has 0 aliphatic carbocycles. The average molecular weight is 554 g/mol. The third-order valence-corrected chi connectivity index (χ3v) is 7.85. The van der Waals surface area contributed by atoms with Gasteiger partial charge in [0.15, 0.2) is 9.84 Å². The maximum Gasteiger partial charge on any atom is 0.175 e. The van der Waals surface area contributed by atoms with E-state index in [9.17, 15) is 8.42 Å². The second-order valence-corrected chi connectivity index (χ2v) is 12.5. The summed E-state index contributed by atoms with van der Waals surface area (Å²) in [5.74, 6) is 2.47. The van der Waals surface area contributed by atoms with Crippen molar-refractivity contribution in [2.45, 2.75) is 51.3 Å². The summed E-state index contributed by atoms with van der Waals surface area (Å²) in [5.41, 5.74) is 4.07. The van der Waals surface area contributed by atoms with Gasteiger partial charge in [-0.2, -0.15) is 0 Å². The molecular weight excluding hydrogens is 510 g/mol. The molecule has 0 unspecified atom stereocenters. The number of hydrogen-bond acceptors (Lipinski definition) is 8. The van der Waals surface area contributed by atoms with Crippen LogP contribution < -0.4 is 4.90 Å². The average Bonchev–Trinajstić information content (AvgIpc) is 2.94. The molecule has 0 radical (unpaired) electrons. The molecule has 2 heterocycles. The quantitative estimate of drug-likeness (QED) is 0.318. The van der Waals surface area contributed by atoms with Crippen LogP contribution in [0.15, 0.2) is 47.6 Å². The first-order chi connectivity index (χ1) is 18.6. The van der Waals surface area contributed by atoms with Gasteiger partial charge in [-0.1, -0.05) is 39.8 Å². The highest BCUT2D eigenvalue weighted by Crippen LogP contribution is 2.36. The highest BCUT2D eigenvalue weighted by Gasteiger charge is 2.23. The molecule has 1 aliphatic heterocycles. The first-order valence-electron chi connectivity index (χ1n) is 13.3. The van der Waals surface area contributed by atoms with Crippen molar-refractivity contribution in [2.24, 2.45) is 11.8 Å². The molecule has 2 N–H and O–H groups in total. The number of ether oxygens (including phenoxy) is 1. The predicted molar refractivity (Wildman–Crippen MR) is 162 cm³/mol. The Balaban J connectivity index is 0.00000127. The van der Waals surface area contributed by atoms with E-state index in [0.717, 1.165) is 67.0 Å². The van der Waals surface area contributed by atoms with Crippen molar-refractivity contribution in [3.05, 3.63) is 48.3 Å². The molecule has 4 rings (SSSR count). The first-order valence-corrected chi connectivity index (χ1v) is 15.1. The maximum absolute atomic E-state index is 11.9. The summed E-state index contributed by atoms with van der Waals surface area (Å²) in [4.78, 5) is 12.1. The molecule has 0 spiro atoms. The van der Waals surface area contributed by atoms with Gasteiger partial charge in [0.25, 0.3) is 0 Å². The van der Waals surface area contributed by atoms with E-state index in [1.165, 1.54) is 11.8 Å². The van der Waals surface area contributed by atoms with Gasteiger partial charge < -0.3 is 20.5 Å². The minimum Gasteiger partial charge on any atom is -0.381 e. The Kier molecular flexibility index (Phi) is 12.2. The van der Waals surface area contributed by atoms with Crippen molar-refractivity contribution in [3.63, 3.8) is 0 Å². The summed E-state index contributed by atoms with van der Waals surface area (Å²) in [7, 11) is -3.24. The fourth-order valence-corrected chi connectivity index (χ4v) is 5.28. The van der Waals surface area contributed by atoms with E-state index in [1.54, 1.807) is 18.5 Å². The van der Waals surface area contributed by atoms with Gasteiger partial charge in [0.1, 0.15) is 12.1 Å². The second kappa shape index (κ2) is 14.8. The number of nitrogens with zero attached hydrogens (tertiary/aromatic N) is 3. The molecule has 0 bridgehead atoms. The normalized spacial score (nSPS) is 14.1. The number of fused-ring (bicyclic) bond motifs is 1. The van der Waals surface area contributed by atoms with Crippen molar-refractivity contribution in [1.29, 1.82) is 10.8 Å². The van der Waals surface area contributed by atoms with Crippen LogP contribution in [0.5, 0.6) is 0 Å². The Labute approximate surface area is 233 Å². The zero-order valence-electron chi connectivity index (χ0n) is 23.9. The zero-order valence-corrected chi connectivity index (χ0v) is 24.7. The molecular formula is C30H43N5O3S. The number of aromatic nitrogens is 2. The molecule has 8 nitrogen and oxygen atoms in total. The summed E-state index contributed by atoms with van der Waals surface area (Å²) in [6, 6.07) is 11.5. The largest absolute Gasteiger partial charge is 0.381 e. The van der Waals surface area contributed by atoms with Crippen LogP contribution >= 0.6 is 0 Å². The van der Waals surface area contributed by atoms with Crippen molar-refractivity contribution >= 4 is 40.0 Å². The van der Waals surface area contributed by atoms with Gasteiger partial charge >= 0.3 is 0 Å². The van der Waals surface area contributed by atoms with Gasteiger partial charge in [0, 0.05) is 43.5 Å². The van der Waals surface area contributed by atoms with E-state index in [4.69, 9.17) is 20.5 Å². The Morgan fingerprint density at radius 1 is 1.00 bits per heavy atom. The highest BCUT2D eigenvalue weighted by molar-refractivity contribution is 7.90. The molecule has 39 heavy (non-hydrogen) atoms. The second-order valence-electron chi connectivity index (χ2n) is 10.5. The molecule has 0 saturated carbocycles. The van der Waals surface area contributed by atoms with Crippen LogP contribution in [-0.2, 0) is 14.6 Å². The molecule has 9 heteroatoms. The Morgan fingerprint density at radius 2 is 1.62 bits per heavy atom. The number of benzene rings is 2. The number of sulfone groups is 1. The lowest BCUT2D eigenvalue weighted by molar-refractivity contribution is 0.0720. The molecule has 1 fully saturated rings. The van der Waals surface area contributed by atoms with Crippen molar-refractivity contribution in [2.75, 3.05) is 37.5 Å². The third kappa shape index (κ3) is 8.41. The van der Waals surface area contributed by atoms with Gasteiger partial charge in [0.2, 0.25) is 0 Å². The summed E-state index contributed by atoms with van der Waals surface area (Å²) in [6.45, 7) is 17.3. The van der Waals surface area contributed by atoms with Crippen LogP contribution in [0, 0.1) is 22.7 Å². The van der Waals surface area contributed by atoms with E-state index < -0.39 is 9.84 Å². The van der Waals surface area contributed by atoms with Crippen LogP contribution in [0.2, 0.25) is 0 Å². The van der Waals surface area contributed by atoms with Crippen molar-refractivity contribution < 1.29 is 13.2 Å². The predicted octanol–water partition coefficient (Wildman–Crippen LogP) is 6.24. The standard InChI is InChI=1S/C28H37N3O3S.2CH3N/c1-19(2)16-34-17-21-10-12-31(13-11-21)28-26-15-23(20(3)4)14-25(27(26)29-18-30-28)22-6-8-24(9-7-22)35(5,32)33;2*1-2/h6-9,14-15,18-21H,10-13,16-17H2,1-5H3;2*2H,1H2. The fourth-order valence-electron chi connectivity index (χ4n) is 4.65. The molecule has 3 aromatic rings. The van der Waals surface area contributed by atoms with Crippen molar-refractivity contribution in [3.8, 4) is 11.1 Å². The number of piperidine rings is 1. The van der Waals surface area contributed by atoms with Crippen LogP contribution in [0.3, 0.4) is 0 Å². The lowest BCUT2D eigenvalue weighted by atomic mass is 9.93. The van der Waals surface area contributed by atoms with E-state index in [-0.39, 0.29) is 0 Å². The molecule has 1 aliphatic rings. The van der Waals surface area contributed by atoms with E-state index >= 15 is 0 Å². The molecule has 2 aromatic carbocycles. The summed E-state index contributed by atoms with van der Waals surface area (Å²) >= 11 is 0. The first kappa shape index (κ1) is 32.0. The van der Waals surface area contributed by atoms with Gasteiger partial charge in [-0.05, 0) is 79.4 Å². The molecule has 0 atom stereocenters. The van der Waals surface area contributed by atoms with E-state index in [2.05, 4.69) is 63.1 Å². The van der Waals surface area contributed by atoms with Crippen molar-refractivity contribution in [1.82, 2.24) is 9.97 Å². The smallest absolute Gasteiger partial charge is 0.175 e. The Hall–Kier alpha value is -3.17. The Morgan fingerprint density at radius 3 is 2.15 bits per heavy atom. The maximum atomic E-state index is 11.9. The number of hydrogen-bond donors (Lipinski definition) is 2. The number of rotatable bonds is 8. The van der Waals surface area contributed by atoms with E-state index in [0.29, 0.717) is 22.6 Å². The molecule has 1 saturated heterocycles. The Bertz CT molecular complexity index is 1300. The summed E-state index contributed by atoms with van der Waals surface area (Å²) in [6.07, 6.45) is 5.06. The lowest BCUT2D eigenvalue weighted by Crippen LogP contribution is -2.36. The van der Waals surface area contributed by atoms with Gasteiger partial charge in [0.05, 0.1) is 10.4 Å². The van der Waals surface area contributed by atoms with Crippen LogP contribution in [0.1, 0.15) is 52.0 Å². The SMILES string of the molecule is C=N.C=N.CC(C)COCC1CCN(c2ncnc3c(-c4ccc(S(C)(=O)=O)cc4)cc(C(C)C)cc23)CC1. The lowest BCUT2D eigenvalue weighted by Gasteiger charge is -2.33. The van der Waals surface area contributed by atoms with Crippen LogP contribution in [-0.4, -0.2) is 64.4 Å². The summed E-state index contributed by atoms with van der Waals surface area (Å²) in [5, 5.41) is 12.1. The van der Waals surface area contributed by atoms with E-state index in [1.807, 2.05) is 12.1 Å². The van der Waals surface area contributed by atoms with Crippen LogP contribution in [0.25, 0.3) is 22.0 Å². The van der Waals surface area contributed by atoms with Gasteiger partial charge in [-0.15, -0.1) is 0 Å². The van der Waals surface area contributed by atoms with Gasteiger partial charge in [-0.25, -0.2) is 18.4 Å². The van der Waals surface area contributed by atoms with Gasteiger partial charge in [-0.3, -0.25) is 0 Å². The minimum atomic E-state index is -3.24. The number of anilines is 1. The van der Waals surface area contributed by atoms with Crippen LogP contribution in [0.4, 0.5) is 5.82 Å². The molecule has 0 amide bonds. The molecule has 1 aromatic heterocycles. The minimum absolute atomic E-state index is 0.320.